The fourth-order valence-corrected chi connectivity index (χ4v) is 5.03. The largest absolute Gasteiger partial charge is 1.00 e. The maximum atomic E-state index is 2.45. The molecule has 1 nitrogen and oxygen atoms in total. The third-order valence-corrected chi connectivity index (χ3v) is 7.34. The van der Waals surface area contributed by atoms with Crippen molar-refractivity contribution in [1.29, 1.82) is 0 Å². The zero-order valence-electron chi connectivity index (χ0n) is 21.9. The molecule has 184 valence electrons. The van der Waals surface area contributed by atoms with Gasteiger partial charge < -0.3 is 17.3 Å². The molecule has 1 N–H and O–H groups in total. The van der Waals surface area contributed by atoms with Gasteiger partial charge in [-0.05, 0) is 19.3 Å². The van der Waals surface area contributed by atoms with Crippen LogP contribution in [0.2, 0.25) is 0 Å². The Morgan fingerprint density at radius 3 is 0.867 bits per heavy atom. The van der Waals surface area contributed by atoms with Crippen LogP contribution in [0, 0.1) is 0 Å². The Bertz CT molecular complexity index is 300. The SMILES string of the molecule is CCCCCCCCCC(CCCCCCCC)(CCCCCCCC)[NH+](C)C.[Cl-]. The van der Waals surface area contributed by atoms with Crippen molar-refractivity contribution in [2.24, 2.45) is 0 Å². The lowest BCUT2D eigenvalue weighted by Gasteiger charge is -2.38. The Labute approximate surface area is 199 Å². The Balaban J connectivity index is 0. The molecule has 0 saturated heterocycles. The van der Waals surface area contributed by atoms with E-state index in [1.54, 1.807) is 4.90 Å². The lowest BCUT2D eigenvalue weighted by molar-refractivity contribution is -0.917. The van der Waals surface area contributed by atoms with Crippen LogP contribution in [-0.2, 0) is 0 Å². The number of rotatable bonds is 23. The maximum Gasteiger partial charge on any atom is 0.0972 e. The van der Waals surface area contributed by atoms with Gasteiger partial charge in [0.2, 0.25) is 0 Å². The molecule has 0 heterocycles. The number of halogens is 1. The van der Waals surface area contributed by atoms with Crippen LogP contribution >= 0.6 is 0 Å². The summed E-state index contributed by atoms with van der Waals surface area (Å²) < 4.78 is 0. The van der Waals surface area contributed by atoms with Gasteiger partial charge in [-0.1, -0.05) is 124 Å². The molecule has 0 aliphatic heterocycles. The molecule has 0 aromatic carbocycles. The van der Waals surface area contributed by atoms with E-state index in [-0.39, 0.29) is 12.4 Å². The quantitative estimate of drug-likeness (QED) is 0.197. The second kappa shape index (κ2) is 23.9. The molecule has 0 aromatic heterocycles. The summed E-state index contributed by atoms with van der Waals surface area (Å²) >= 11 is 0. The number of quaternary nitrogens is 1. The second-order valence-corrected chi connectivity index (χ2v) is 10.2. The van der Waals surface area contributed by atoms with Gasteiger partial charge in [0.15, 0.2) is 0 Å². The molecule has 0 spiro atoms. The van der Waals surface area contributed by atoms with Gasteiger partial charge in [-0.15, -0.1) is 0 Å². The van der Waals surface area contributed by atoms with Crippen LogP contribution in [-0.4, -0.2) is 19.6 Å². The van der Waals surface area contributed by atoms with E-state index < -0.39 is 0 Å². The lowest BCUT2D eigenvalue weighted by atomic mass is 9.80. The Hall–Kier alpha value is 0.250. The van der Waals surface area contributed by atoms with Crippen LogP contribution in [0.5, 0.6) is 0 Å². The van der Waals surface area contributed by atoms with Crippen LogP contribution in [0.15, 0.2) is 0 Å². The van der Waals surface area contributed by atoms with Gasteiger partial charge in [0.25, 0.3) is 0 Å². The molecule has 0 aliphatic carbocycles. The first-order valence-corrected chi connectivity index (χ1v) is 13.9. The highest BCUT2D eigenvalue weighted by Crippen LogP contribution is 2.27. The van der Waals surface area contributed by atoms with Crippen LogP contribution in [0.3, 0.4) is 0 Å². The van der Waals surface area contributed by atoms with E-state index in [0.29, 0.717) is 5.54 Å². The third-order valence-electron chi connectivity index (χ3n) is 7.34. The predicted molar refractivity (Wildman–Crippen MR) is 134 cm³/mol. The Morgan fingerprint density at radius 2 is 0.633 bits per heavy atom. The van der Waals surface area contributed by atoms with E-state index in [1.807, 2.05) is 0 Å². The molecule has 0 saturated carbocycles. The number of nitrogens with one attached hydrogen (secondary N) is 1. The van der Waals surface area contributed by atoms with Gasteiger partial charge in [0, 0.05) is 19.3 Å². The van der Waals surface area contributed by atoms with Gasteiger partial charge in [0.05, 0.1) is 19.6 Å². The summed E-state index contributed by atoms with van der Waals surface area (Å²) in [5.74, 6) is 0. The van der Waals surface area contributed by atoms with E-state index >= 15 is 0 Å². The fourth-order valence-electron chi connectivity index (χ4n) is 5.03. The standard InChI is InChI=1S/C28H59N.ClH/c1-6-9-12-15-18-21-24-27-28(29(4)5,25-22-19-16-13-10-7-2)26-23-20-17-14-11-8-3;/h6-27H2,1-5H3;1H. The number of hydrogen-bond acceptors (Lipinski definition) is 0. The van der Waals surface area contributed by atoms with E-state index in [2.05, 4.69) is 34.9 Å². The molecule has 0 bridgehead atoms. The molecule has 0 fully saturated rings. The van der Waals surface area contributed by atoms with Crippen LogP contribution < -0.4 is 17.3 Å². The lowest BCUT2D eigenvalue weighted by Crippen LogP contribution is -3.15. The molecule has 30 heavy (non-hydrogen) atoms. The first-order valence-electron chi connectivity index (χ1n) is 13.9. The minimum atomic E-state index is 0. The molecule has 0 atom stereocenters. The van der Waals surface area contributed by atoms with Gasteiger partial charge >= 0.3 is 0 Å². The minimum absolute atomic E-state index is 0. The monoisotopic (exact) mass is 445 g/mol. The zero-order valence-corrected chi connectivity index (χ0v) is 22.7. The topological polar surface area (TPSA) is 4.44 Å². The molecule has 2 heteroatoms. The first-order chi connectivity index (χ1) is 14.1. The van der Waals surface area contributed by atoms with Gasteiger partial charge in [-0.25, -0.2) is 0 Å². The maximum absolute atomic E-state index is 2.45. The predicted octanol–water partition coefficient (Wildman–Crippen LogP) is 5.52. The molecular formula is C28H60ClN. The van der Waals surface area contributed by atoms with Crippen LogP contribution in [0.1, 0.15) is 162 Å². The number of unbranched alkanes of at least 4 members (excludes halogenated alkanes) is 16. The van der Waals surface area contributed by atoms with Crippen molar-refractivity contribution in [3.8, 4) is 0 Å². The second-order valence-electron chi connectivity index (χ2n) is 10.2. The molecule has 0 amide bonds. The van der Waals surface area contributed by atoms with Crippen molar-refractivity contribution in [3.63, 3.8) is 0 Å². The van der Waals surface area contributed by atoms with Gasteiger partial charge in [-0.3, -0.25) is 0 Å². The normalized spacial score (nSPS) is 11.8. The van der Waals surface area contributed by atoms with Crippen molar-refractivity contribution in [2.75, 3.05) is 14.1 Å². The van der Waals surface area contributed by atoms with Crippen LogP contribution in [0.25, 0.3) is 0 Å². The highest BCUT2D eigenvalue weighted by atomic mass is 35.5. The average molecular weight is 446 g/mol. The molecule has 0 unspecified atom stereocenters. The fraction of sp³-hybridized carbons (Fsp3) is 1.00. The zero-order chi connectivity index (χ0) is 21.6. The molecule has 0 radical (unpaired) electrons. The summed E-state index contributed by atoms with van der Waals surface area (Å²) in [6, 6.07) is 0. The van der Waals surface area contributed by atoms with E-state index in [4.69, 9.17) is 0 Å². The highest BCUT2D eigenvalue weighted by molar-refractivity contribution is 4.79. The van der Waals surface area contributed by atoms with Gasteiger partial charge in [0.1, 0.15) is 0 Å². The van der Waals surface area contributed by atoms with Crippen molar-refractivity contribution in [1.82, 2.24) is 0 Å². The summed E-state index contributed by atoms with van der Waals surface area (Å²) in [6.07, 6.45) is 31.7. The van der Waals surface area contributed by atoms with E-state index in [0.717, 1.165) is 0 Å². The third kappa shape index (κ3) is 17.9. The van der Waals surface area contributed by atoms with Crippen molar-refractivity contribution in [3.05, 3.63) is 0 Å². The van der Waals surface area contributed by atoms with Crippen molar-refractivity contribution in [2.45, 2.75) is 168 Å². The summed E-state index contributed by atoms with van der Waals surface area (Å²) in [5, 5.41) is 0. The molecular weight excluding hydrogens is 386 g/mol. The van der Waals surface area contributed by atoms with E-state index in [1.165, 1.54) is 141 Å². The molecule has 0 rings (SSSR count). The van der Waals surface area contributed by atoms with Crippen LogP contribution in [0.4, 0.5) is 0 Å². The van der Waals surface area contributed by atoms with Crippen molar-refractivity contribution < 1.29 is 17.3 Å². The van der Waals surface area contributed by atoms with Crippen molar-refractivity contribution >= 4 is 0 Å². The summed E-state index contributed by atoms with van der Waals surface area (Å²) in [5.41, 5.74) is 0.554. The minimum Gasteiger partial charge on any atom is -1.00 e. The molecule has 0 aliphatic rings. The summed E-state index contributed by atoms with van der Waals surface area (Å²) in [6.45, 7) is 6.96. The smallest absolute Gasteiger partial charge is 0.0972 e. The molecule has 0 aromatic rings. The number of hydrogen-bond donors (Lipinski definition) is 1. The Morgan fingerprint density at radius 1 is 0.400 bits per heavy atom. The first kappa shape index (κ1) is 32.4. The Kier molecular flexibility index (Phi) is 25.8. The average Bonchev–Trinajstić information content (AvgIpc) is 2.71. The summed E-state index contributed by atoms with van der Waals surface area (Å²) in [7, 11) is 4.91. The van der Waals surface area contributed by atoms with Gasteiger partial charge in [-0.2, -0.15) is 0 Å². The highest BCUT2D eigenvalue weighted by Gasteiger charge is 2.34. The summed E-state index contributed by atoms with van der Waals surface area (Å²) in [4.78, 5) is 1.74. The van der Waals surface area contributed by atoms with E-state index in [9.17, 15) is 0 Å².